The van der Waals surface area contributed by atoms with E-state index in [2.05, 4.69) is 19.1 Å². The normalized spacial score (nSPS) is 21.0. The largest absolute Gasteiger partial charge is 0.415 e. The molecule has 45 heavy (non-hydrogen) atoms. The molecule has 3 aromatic rings. The first-order valence-electron chi connectivity index (χ1n) is 15.7. The van der Waals surface area contributed by atoms with Gasteiger partial charge in [0.1, 0.15) is 5.75 Å². The molecule has 7 nitrogen and oxygen atoms in total. The van der Waals surface area contributed by atoms with E-state index in [0.29, 0.717) is 54.8 Å². The van der Waals surface area contributed by atoms with Crippen LogP contribution in [0.25, 0.3) is 11.1 Å². The van der Waals surface area contributed by atoms with Gasteiger partial charge in [0.25, 0.3) is 0 Å². The quantitative estimate of drug-likeness (QED) is 0.279. The number of benzene rings is 3. The minimum absolute atomic E-state index is 0.0702. The summed E-state index contributed by atoms with van der Waals surface area (Å²) in [5, 5.41) is 0.879. The summed E-state index contributed by atoms with van der Waals surface area (Å²) in [4.78, 5) is 45.5. The molecule has 9 heteroatoms. The first kappa shape index (κ1) is 31.4. The maximum atomic E-state index is 13.8. The molecule has 0 N–H and O–H groups in total. The molecule has 2 saturated heterocycles. The molecule has 2 heterocycles. The minimum Gasteiger partial charge on any atom is -0.410 e. The lowest BCUT2D eigenvalue weighted by atomic mass is 9.93. The van der Waals surface area contributed by atoms with Crippen molar-refractivity contribution in [3.05, 3.63) is 87.9 Å². The summed E-state index contributed by atoms with van der Waals surface area (Å²) in [6.45, 7) is 6.13. The van der Waals surface area contributed by atoms with Crippen molar-refractivity contribution in [3.63, 3.8) is 0 Å². The van der Waals surface area contributed by atoms with Crippen molar-refractivity contribution in [1.29, 1.82) is 0 Å². The monoisotopic (exact) mass is 647 g/mol. The number of nitrogens with zero attached hydrogens (tertiary/aromatic N) is 3. The Morgan fingerprint density at radius 1 is 0.889 bits per heavy atom. The van der Waals surface area contributed by atoms with Gasteiger partial charge in [-0.25, -0.2) is 4.79 Å². The zero-order chi connectivity index (χ0) is 31.9. The van der Waals surface area contributed by atoms with Crippen molar-refractivity contribution in [1.82, 2.24) is 14.7 Å². The van der Waals surface area contributed by atoms with E-state index in [1.807, 2.05) is 53.1 Å². The van der Waals surface area contributed by atoms with Gasteiger partial charge in [-0.15, -0.1) is 0 Å². The molecule has 0 spiro atoms. The van der Waals surface area contributed by atoms with Gasteiger partial charge >= 0.3 is 6.09 Å². The van der Waals surface area contributed by atoms with Crippen LogP contribution >= 0.6 is 23.2 Å². The predicted octanol–water partition coefficient (Wildman–Crippen LogP) is 7.43. The van der Waals surface area contributed by atoms with Gasteiger partial charge in [0.05, 0.1) is 16.1 Å². The van der Waals surface area contributed by atoms with Crippen LogP contribution in [-0.2, 0) is 9.59 Å². The topological polar surface area (TPSA) is 70.2 Å². The smallest absolute Gasteiger partial charge is 0.410 e. The number of ether oxygens (including phenoxy) is 1. The van der Waals surface area contributed by atoms with Crippen LogP contribution < -0.4 is 4.74 Å². The van der Waals surface area contributed by atoms with E-state index >= 15 is 0 Å². The van der Waals surface area contributed by atoms with E-state index in [4.69, 9.17) is 27.9 Å². The second-order valence-corrected chi connectivity index (χ2v) is 13.9. The number of halogens is 2. The molecular formula is C36H39Cl2N3O4. The maximum Gasteiger partial charge on any atom is 0.415 e. The van der Waals surface area contributed by atoms with Gasteiger partial charge in [-0.3, -0.25) is 9.59 Å². The van der Waals surface area contributed by atoms with Gasteiger partial charge in [-0.05, 0) is 79.1 Å². The fraction of sp³-hybridized carbons (Fsp3) is 0.417. The van der Waals surface area contributed by atoms with E-state index in [1.165, 1.54) is 5.56 Å². The number of rotatable bonds is 6. The molecule has 0 aromatic heterocycles. The highest BCUT2D eigenvalue weighted by Gasteiger charge is 2.48. The van der Waals surface area contributed by atoms with Gasteiger partial charge in [-0.2, -0.15) is 0 Å². The fourth-order valence-electron chi connectivity index (χ4n) is 6.71. The third kappa shape index (κ3) is 6.56. The van der Waals surface area contributed by atoms with Crippen LogP contribution in [0.5, 0.6) is 5.75 Å². The van der Waals surface area contributed by atoms with Gasteiger partial charge < -0.3 is 19.4 Å². The van der Waals surface area contributed by atoms with Crippen LogP contribution in [0.2, 0.25) is 10.0 Å². The maximum absolute atomic E-state index is 13.8. The molecule has 3 amide bonds. The first-order valence-corrected chi connectivity index (χ1v) is 16.4. The number of hydrogen-bond acceptors (Lipinski definition) is 4. The van der Waals surface area contributed by atoms with Crippen LogP contribution in [-0.4, -0.2) is 71.9 Å². The molecule has 1 aliphatic carbocycles. The molecule has 3 aromatic carbocycles. The summed E-state index contributed by atoms with van der Waals surface area (Å²) in [7, 11) is 1.72. The van der Waals surface area contributed by atoms with Crippen molar-refractivity contribution < 1.29 is 19.1 Å². The van der Waals surface area contributed by atoms with Gasteiger partial charge in [0.2, 0.25) is 11.8 Å². The Bertz CT molecular complexity index is 1600. The average Bonchev–Trinajstić information content (AvgIpc) is 3.65. The molecule has 3 fully saturated rings. The average molecular weight is 649 g/mol. The lowest BCUT2D eigenvalue weighted by Gasteiger charge is -2.34. The molecule has 0 unspecified atom stereocenters. The number of amides is 3. The molecule has 2 atom stereocenters. The van der Waals surface area contributed by atoms with E-state index in [0.717, 1.165) is 29.5 Å². The second-order valence-electron chi connectivity index (χ2n) is 13.0. The molecule has 0 bridgehead atoms. The minimum atomic E-state index is -0.497. The number of likely N-dealkylation sites (tertiary alicyclic amines) is 2. The van der Waals surface area contributed by atoms with Crippen molar-refractivity contribution in [2.75, 3.05) is 33.2 Å². The Morgan fingerprint density at radius 3 is 2.22 bits per heavy atom. The summed E-state index contributed by atoms with van der Waals surface area (Å²) in [6, 6.07) is 20.8. The third-order valence-electron chi connectivity index (χ3n) is 9.92. The highest BCUT2D eigenvalue weighted by Crippen LogP contribution is 2.47. The highest BCUT2D eigenvalue weighted by molar-refractivity contribution is 6.42. The van der Waals surface area contributed by atoms with Crippen molar-refractivity contribution in [2.45, 2.75) is 51.5 Å². The lowest BCUT2D eigenvalue weighted by Crippen LogP contribution is -2.46. The number of aryl methyl sites for hydroxylation is 1. The molecule has 236 valence electrons. The SMILES string of the molecule is Cc1ccccc1-c1ccc(OC(=O)N(C)[C@H]2CN(C(=O)C3CCN(C(=O)C4(C)CC4)CC3)C[C@@H]2c2ccc(Cl)c(Cl)c2)cc1. The third-order valence-corrected chi connectivity index (χ3v) is 10.7. The lowest BCUT2D eigenvalue weighted by molar-refractivity contribution is -0.142. The van der Waals surface area contributed by atoms with Crippen LogP contribution in [0.4, 0.5) is 4.79 Å². The summed E-state index contributed by atoms with van der Waals surface area (Å²) >= 11 is 12.6. The molecular weight excluding hydrogens is 609 g/mol. The standard InChI is InChI=1S/C36H39Cl2N3O4/c1-23-6-4-5-7-28(23)24-8-11-27(12-9-24)45-35(44)39(3)32-22-41(21-29(32)26-10-13-30(37)31(38)20-26)33(42)25-14-18-40(19-15-25)34(43)36(2)16-17-36/h4-13,20,25,29,32H,14-19,21-22H2,1-3H3/t29-,32+/m1/s1. The molecule has 1 saturated carbocycles. The van der Waals surface area contributed by atoms with Crippen molar-refractivity contribution in [2.24, 2.45) is 11.3 Å². The number of hydrogen-bond donors (Lipinski definition) is 0. The molecule has 3 aliphatic rings. The number of likely N-dealkylation sites (N-methyl/N-ethyl adjacent to an activating group) is 1. The van der Waals surface area contributed by atoms with Crippen molar-refractivity contribution in [3.8, 4) is 16.9 Å². The molecule has 0 radical (unpaired) electrons. The van der Waals surface area contributed by atoms with Gasteiger partial charge in [-0.1, -0.05) is 72.6 Å². The van der Waals surface area contributed by atoms with E-state index in [1.54, 1.807) is 30.1 Å². The Labute approximate surface area is 275 Å². The predicted molar refractivity (Wildman–Crippen MR) is 177 cm³/mol. The van der Waals surface area contributed by atoms with E-state index in [-0.39, 0.29) is 35.1 Å². The molecule has 6 rings (SSSR count). The van der Waals surface area contributed by atoms with Crippen LogP contribution in [0.3, 0.4) is 0 Å². The Hall–Kier alpha value is -3.55. The van der Waals surface area contributed by atoms with Crippen LogP contribution in [0.15, 0.2) is 66.7 Å². The summed E-state index contributed by atoms with van der Waals surface area (Å²) in [5.74, 6) is 0.405. The van der Waals surface area contributed by atoms with Crippen LogP contribution in [0.1, 0.15) is 49.7 Å². The summed E-state index contributed by atoms with van der Waals surface area (Å²) < 4.78 is 5.81. The Kier molecular flexibility index (Phi) is 8.86. The second kappa shape index (κ2) is 12.7. The zero-order valence-corrected chi connectivity index (χ0v) is 27.5. The zero-order valence-electron chi connectivity index (χ0n) is 26.0. The Balaban J connectivity index is 1.15. The number of carbonyl (C=O) groups excluding carboxylic acids is 3. The van der Waals surface area contributed by atoms with Crippen LogP contribution in [0, 0.1) is 18.3 Å². The first-order chi connectivity index (χ1) is 21.5. The number of piperidine rings is 1. The number of carbonyl (C=O) groups is 3. The van der Waals surface area contributed by atoms with Gasteiger partial charge in [0.15, 0.2) is 0 Å². The van der Waals surface area contributed by atoms with E-state index < -0.39 is 6.09 Å². The summed E-state index contributed by atoms with van der Waals surface area (Å²) in [5.41, 5.74) is 4.05. The fourth-order valence-corrected chi connectivity index (χ4v) is 7.01. The molecule has 2 aliphatic heterocycles. The van der Waals surface area contributed by atoms with Crippen molar-refractivity contribution >= 4 is 41.1 Å². The Morgan fingerprint density at radius 2 is 1.58 bits per heavy atom. The highest BCUT2D eigenvalue weighted by atomic mass is 35.5. The van der Waals surface area contributed by atoms with Gasteiger partial charge in [0, 0.05) is 50.5 Å². The van der Waals surface area contributed by atoms with E-state index in [9.17, 15) is 14.4 Å². The summed E-state index contributed by atoms with van der Waals surface area (Å²) in [6.07, 6.45) is 2.70.